The summed E-state index contributed by atoms with van der Waals surface area (Å²) >= 11 is 0. The zero-order chi connectivity index (χ0) is 21.6. The molecule has 6 nitrogen and oxygen atoms in total. The van der Waals surface area contributed by atoms with Crippen LogP contribution < -0.4 is 10.2 Å². The molecule has 6 heteroatoms. The van der Waals surface area contributed by atoms with E-state index in [1.165, 1.54) is 18.6 Å². The van der Waals surface area contributed by atoms with E-state index in [0.29, 0.717) is 22.4 Å². The van der Waals surface area contributed by atoms with Gasteiger partial charge in [0.25, 0.3) is 5.91 Å². The maximum Gasteiger partial charge on any atom is 0.343 e. The number of hydrogen-bond acceptors (Lipinski definition) is 5. The second-order valence-electron chi connectivity index (χ2n) is 6.89. The number of esters is 1. The van der Waals surface area contributed by atoms with Crippen LogP contribution in [0.15, 0.2) is 90.3 Å². The van der Waals surface area contributed by atoms with E-state index in [9.17, 15) is 9.59 Å². The molecule has 1 heterocycles. The molecule has 0 radical (unpaired) electrons. The van der Waals surface area contributed by atoms with Gasteiger partial charge >= 0.3 is 5.97 Å². The van der Waals surface area contributed by atoms with Crippen molar-refractivity contribution in [3.63, 3.8) is 0 Å². The number of pyridine rings is 1. The van der Waals surface area contributed by atoms with Crippen molar-refractivity contribution in [2.24, 2.45) is 5.10 Å². The minimum absolute atomic E-state index is 0.353. The fraction of sp³-hybridized carbons (Fsp3) is 0.0400. The molecule has 0 spiro atoms. The largest absolute Gasteiger partial charge is 0.422 e. The van der Waals surface area contributed by atoms with E-state index >= 15 is 0 Å². The van der Waals surface area contributed by atoms with Crippen LogP contribution >= 0.6 is 0 Å². The summed E-state index contributed by atoms with van der Waals surface area (Å²) in [5.41, 5.74) is 5.03. The topological polar surface area (TPSA) is 80.6 Å². The van der Waals surface area contributed by atoms with Gasteiger partial charge in [-0.25, -0.2) is 10.2 Å². The number of nitrogens with zero attached hydrogens (tertiary/aromatic N) is 2. The highest BCUT2D eigenvalue weighted by Crippen LogP contribution is 2.27. The summed E-state index contributed by atoms with van der Waals surface area (Å²) in [6.07, 6.45) is 4.55. The molecule has 0 bridgehead atoms. The van der Waals surface area contributed by atoms with Crippen molar-refractivity contribution in [3.8, 4) is 5.75 Å². The van der Waals surface area contributed by atoms with Crippen molar-refractivity contribution < 1.29 is 14.3 Å². The lowest BCUT2D eigenvalue weighted by Gasteiger charge is -2.11. The van der Waals surface area contributed by atoms with Gasteiger partial charge in [0.15, 0.2) is 0 Å². The van der Waals surface area contributed by atoms with Crippen LogP contribution in [0.25, 0.3) is 10.8 Å². The minimum atomic E-state index is -0.467. The number of carbonyl (C=O) groups is 2. The predicted molar refractivity (Wildman–Crippen MR) is 119 cm³/mol. The van der Waals surface area contributed by atoms with Gasteiger partial charge in [0.1, 0.15) is 5.75 Å². The average molecular weight is 409 g/mol. The number of hydrazone groups is 1. The van der Waals surface area contributed by atoms with Crippen molar-refractivity contribution in [3.05, 3.63) is 107 Å². The second-order valence-corrected chi connectivity index (χ2v) is 6.89. The number of fused-ring (bicyclic) bond motifs is 1. The van der Waals surface area contributed by atoms with Gasteiger partial charge in [-0.15, -0.1) is 0 Å². The zero-order valence-electron chi connectivity index (χ0n) is 16.8. The highest BCUT2D eigenvalue weighted by atomic mass is 16.5. The number of rotatable bonds is 5. The molecule has 152 valence electrons. The Morgan fingerprint density at radius 3 is 2.42 bits per heavy atom. The van der Waals surface area contributed by atoms with Gasteiger partial charge in [0.2, 0.25) is 0 Å². The molecular weight excluding hydrogens is 390 g/mol. The van der Waals surface area contributed by atoms with Crippen molar-refractivity contribution in [1.82, 2.24) is 10.4 Å². The van der Waals surface area contributed by atoms with Crippen LogP contribution in [-0.4, -0.2) is 23.1 Å². The van der Waals surface area contributed by atoms with Crippen LogP contribution in [0.3, 0.4) is 0 Å². The van der Waals surface area contributed by atoms with Crippen LogP contribution in [0.1, 0.15) is 31.8 Å². The molecule has 1 amide bonds. The molecule has 0 fully saturated rings. The molecule has 0 aliphatic rings. The van der Waals surface area contributed by atoms with Crippen LogP contribution in [-0.2, 0) is 0 Å². The Labute approximate surface area is 179 Å². The number of nitrogens with one attached hydrogen (secondary N) is 1. The van der Waals surface area contributed by atoms with Gasteiger partial charge < -0.3 is 4.74 Å². The molecule has 1 N–H and O–H groups in total. The molecule has 0 unspecified atom stereocenters. The summed E-state index contributed by atoms with van der Waals surface area (Å²) in [4.78, 5) is 28.8. The fourth-order valence-electron chi connectivity index (χ4n) is 3.07. The smallest absolute Gasteiger partial charge is 0.343 e. The third kappa shape index (κ3) is 4.64. The number of aryl methyl sites for hydroxylation is 1. The Morgan fingerprint density at radius 1 is 0.903 bits per heavy atom. The first-order chi connectivity index (χ1) is 15.1. The summed E-state index contributed by atoms with van der Waals surface area (Å²) in [6, 6.07) is 21.6. The van der Waals surface area contributed by atoms with Gasteiger partial charge in [0, 0.05) is 23.5 Å². The summed E-state index contributed by atoms with van der Waals surface area (Å²) in [7, 11) is 0. The van der Waals surface area contributed by atoms with Gasteiger partial charge in [-0.05, 0) is 48.0 Å². The van der Waals surface area contributed by atoms with E-state index in [1.54, 1.807) is 30.3 Å². The molecular formula is C25H19N3O3. The van der Waals surface area contributed by atoms with E-state index in [4.69, 9.17) is 4.74 Å². The minimum Gasteiger partial charge on any atom is -0.422 e. The molecule has 0 aliphatic carbocycles. The summed E-state index contributed by atoms with van der Waals surface area (Å²) in [5, 5.41) is 5.89. The van der Waals surface area contributed by atoms with Crippen LogP contribution in [0, 0.1) is 6.92 Å². The molecule has 1 aromatic heterocycles. The van der Waals surface area contributed by atoms with E-state index < -0.39 is 5.97 Å². The average Bonchev–Trinajstić information content (AvgIpc) is 2.81. The molecule has 0 aliphatic heterocycles. The van der Waals surface area contributed by atoms with Crippen molar-refractivity contribution in [2.45, 2.75) is 6.92 Å². The lowest BCUT2D eigenvalue weighted by molar-refractivity contribution is 0.0734. The summed E-state index contributed by atoms with van der Waals surface area (Å²) in [5.74, 6) is -0.478. The normalized spacial score (nSPS) is 10.9. The van der Waals surface area contributed by atoms with Crippen LogP contribution in [0.5, 0.6) is 5.75 Å². The Hall–Kier alpha value is -4.32. The molecule has 4 aromatic rings. The van der Waals surface area contributed by atoms with Crippen molar-refractivity contribution in [1.29, 1.82) is 0 Å². The SMILES string of the molecule is Cc1ccc(C(=O)Oc2ccc3ccccc3c2/C=N\NC(=O)c2ccncc2)cc1. The Bertz CT molecular complexity index is 1270. The number of hydrogen-bond donors (Lipinski definition) is 1. The van der Waals surface area contributed by atoms with E-state index in [1.807, 2.05) is 49.4 Å². The standard InChI is InChI=1S/C25H19N3O3/c1-17-6-8-20(9-7-17)25(30)31-23-11-10-18-4-2-3-5-21(18)22(23)16-27-28-24(29)19-12-14-26-15-13-19/h2-16H,1H3,(H,28,29)/b27-16-. The van der Waals surface area contributed by atoms with Gasteiger partial charge in [-0.2, -0.15) is 5.10 Å². The number of amides is 1. The van der Waals surface area contributed by atoms with Gasteiger partial charge in [-0.1, -0.05) is 48.0 Å². The molecule has 31 heavy (non-hydrogen) atoms. The van der Waals surface area contributed by atoms with Crippen molar-refractivity contribution >= 4 is 28.9 Å². The Kier molecular flexibility index (Phi) is 5.80. The first-order valence-corrected chi connectivity index (χ1v) is 9.66. The molecule has 0 saturated heterocycles. The highest BCUT2D eigenvalue weighted by molar-refractivity contribution is 6.04. The number of benzene rings is 3. The highest BCUT2D eigenvalue weighted by Gasteiger charge is 2.13. The molecule has 0 saturated carbocycles. The van der Waals surface area contributed by atoms with Crippen LogP contribution in [0.4, 0.5) is 0 Å². The Balaban J connectivity index is 1.63. The van der Waals surface area contributed by atoms with Crippen molar-refractivity contribution in [2.75, 3.05) is 0 Å². The summed E-state index contributed by atoms with van der Waals surface area (Å²) < 4.78 is 5.67. The number of ether oxygens (including phenoxy) is 1. The lowest BCUT2D eigenvalue weighted by Crippen LogP contribution is -2.17. The van der Waals surface area contributed by atoms with E-state index in [2.05, 4.69) is 15.5 Å². The number of carbonyl (C=O) groups excluding carboxylic acids is 2. The Morgan fingerprint density at radius 2 is 1.65 bits per heavy atom. The fourth-order valence-corrected chi connectivity index (χ4v) is 3.07. The van der Waals surface area contributed by atoms with Crippen LogP contribution in [0.2, 0.25) is 0 Å². The quantitative estimate of drug-likeness (QED) is 0.227. The monoisotopic (exact) mass is 409 g/mol. The predicted octanol–water partition coefficient (Wildman–Crippen LogP) is 4.53. The molecule has 4 rings (SSSR count). The first-order valence-electron chi connectivity index (χ1n) is 9.66. The van der Waals surface area contributed by atoms with Gasteiger partial charge in [0.05, 0.1) is 11.8 Å². The van der Waals surface area contributed by atoms with E-state index in [0.717, 1.165) is 16.3 Å². The van der Waals surface area contributed by atoms with E-state index in [-0.39, 0.29) is 5.91 Å². The third-order valence-electron chi connectivity index (χ3n) is 4.72. The first kappa shape index (κ1) is 20.0. The second kappa shape index (κ2) is 9.00. The maximum atomic E-state index is 12.6. The van der Waals surface area contributed by atoms with Gasteiger partial charge in [-0.3, -0.25) is 9.78 Å². The molecule has 3 aromatic carbocycles. The summed E-state index contributed by atoms with van der Waals surface area (Å²) in [6.45, 7) is 1.95. The molecule has 0 atom stereocenters. The maximum absolute atomic E-state index is 12.6. The lowest BCUT2D eigenvalue weighted by atomic mass is 10.0. The third-order valence-corrected chi connectivity index (χ3v) is 4.72. The number of aromatic nitrogens is 1. The zero-order valence-corrected chi connectivity index (χ0v) is 16.8.